The summed E-state index contributed by atoms with van der Waals surface area (Å²) in [5.74, 6) is 0.610. The largest absolute Gasteiger partial charge is 0.383 e. The SMILES string of the molecule is CCCCc1c(-c2ccnc3cnc(Cl)cc23)cc(C)nc1N. The lowest BCUT2D eigenvalue weighted by atomic mass is 9.94. The zero-order chi connectivity index (χ0) is 16.4. The van der Waals surface area contributed by atoms with Crippen LogP contribution in [0, 0.1) is 6.92 Å². The Bertz CT molecular complexity index is 861. The highest BCUT2D eigenvalue weighted by Crippen LogP contribution is 2.34. The number of nitrogens with zero attached hydrogens (tertiary/aromatic N) is 3. The lowest BCUT2D eigenvalue weighted by molar-refractivity contribution is 0.794. The molecule has 0 atom stereocenters. The molecule has 0 saturated heterocycles. The molecule has 3 rings (SSSR count). The molecule has 0 spiro atoms. The summed E-state index contributed by atoms with van der Waals surface area (Å²) in [4.78, 5) is 12.9. The van der Waals surface area contributed by atoms with Crippen molar-refractivity contribution in [3.63, 3.8) is 0 Å². The maximum Gasteiger partial charge on any atom is 0.129 e. The molecule has 0 saturated carbocycles. The molecule has 3 aromatic rings. The first-order chi connectivity index (χ1) is 11.1. The molecule has 0 radical (unpaired) electrons. The Morgan fingerprint density at radius 2 is 2.00 bits per heavy atom. The minimum Gasteiger partial charge on any atom is -0.383 e. The third kappa shape index (κ3) is 3.13. The minimum atomic E-state index is 0.459. The summed E-state index contributed by atoms with van der Waals surface area (Å²) in [5.41, 5.74) is 11.2. The highest BCUT2D eigenvalue weighted by molar-refractivity contribution is 6.30. The predicted octanol–water partition coefficient (Wildman–Crippen LogP) is 4.58. The predicted molar refractivity (Wildman–Crippen MR) is 95.5 cm³/mol. The Labute approximate surface area is 140 Å². The van der Waals surface area contributed by atoms with Crippen LogP contribution in [0.4, 0.5) is 5.82 Å². The summed E-state index contributed by atoms with van der Waals surface area (Å²) in [6, 6.07) is 5.95. The second-order valence-electron chi connectivity index (χ2n) is 5.66. The van der Waals surface area contributed by atoms with E-state index >= 15 is 0 Å². The number of nitrogens with two attached hydrogens (primary N) is 1. The number of aryl methyl sites for hydroxylation is 1. The minimum absolute atomic E-state index is 0.459. The molecule has 3 aromatic heterocycles. The number of aromatic nitrogens is 3. The van der Waals surface area contributed by atoms with Crippen molar-refractivity contribution < 1.29 is 0 Å². The molecule has 0 aliphatic carbocycles. The van der Waals surface area contributed by atoms with Crippen molar-refractivity contribution in [3.8, 4) is 11.1 Å². The van der Waals surface area contributed by atoms with Crippen LogP contribution < -0.4 is 5.73 Å². The van der Waals surface area contributed by atoms with Crippen molar-refractivity contribution in [2.75, 3.05) is 5.73 Å². The summed E-state index contributed by atoms with van der Waals surface area (Å²) in [5, 5.41) is 1.44. The number of anilines is 1. The highest BCUT2D eigenvalue weighted by atomic mass is 35.5. The van der Waals surface area contributed by atoms with Crippen LogP contribution in [0.3, 0.4) is 0 Å². The van der Waals surface area contributed by atoms with Gasteiger partial charge in [0.25, 0.3) is 0 Å². The molecular weight excluding hydrogens is 308 g/mol. The Morgan fingerprint density at radius 1 is 1.17 bits per heavy atom. The Balaban J connectivity index is 2.27. The monoisotopic (exact) mass is 326 g/mol. The van der Waals surface area contributed by atoms with E-state index in [1.165, 1.54) is 0 Å². The van der Waals surface area contributed by atoms with E-state index in [9.17, 15) is 0 Å². The molecule has 3 heterocycles. The third-order valence-electron chi connectivity index (χ3n) is 3.95. The molecule has 0 bridgehead atoms. The molecule has 4 nitrogen and oxygen atoms in total. The van der Waals surface area contributed by atoms with E-state index < -0.39 is 0 Å². The van der Waals surface area contributed by atoms with Gasteiger partial charge >= 0.3 is 0 Å². The van der Waals surface area contributed by atoms with Crippen molar-refractivity contribution in [1.29, 1.82) is 0 Å². The van der Waals surface area contributed by atoms with E-state index in [2.05, 4.69) is 27.9 Å². The average molecular weight is 327 g/mol. The van der Waals surface area contributed by atoms with Gasteiger partial charge in [0.2, 0.25) is 0 Å². The van der Waals surface area contributed by atoms with Crippen molar-refractivity contribution in [2.45, 2.75) is 33.1 Å². The van der Waals surface area contributed by atoms with Crippen LogP contribution in [-0.4, -0.2) is 15.0 Å². The number of hydrogen-bond acceptors (Lipinski definition) is 4. The van der Waals surface area contributed by atoms with Crippen molar-refractivity contribution >= 4 is 28.3 Å². The van der Waals surface area contributed by atoms with Crippen LogP contribution in [0.1, 0.15) is 31.0 Å². The number of unbranched alkanes of at least 4 members (excludes halogenated alkanes) is 1. The van der Waals surface area contributed by atoms with E-state index in [1.807, 2.05) is 19.1 Å². The molecule has 0 fully saturated rings. The van der Waals surface area contributed by atoms with Crippen molar-refractivity contribution in [2.24, 2.45) is 0 Å². The van der Waals surface area contributed by atoms with Crippen LogP contribution in [-0.2, 0) is 6.42 Å². The summed E-state index contributed by atoms with van der Waals surface area (Å²) in [7, 11) is 0. The van der Waals surface area contributed by atoms with Gasteiger partial charge in [-0.3, -0.25) is 4.98 Å². The number of hydrogen-bond donors (Lipinski definition) is 1. The fourth-order valence-electron chi connectivity index (χ4n) is 2.84. The molecule has 0 unspecified atom stereocenters. The molecule has 0 aromatic carbocycles. The Morgan fingerprint density at radius 3 is 2.78 bits per heavy atom. The molecule has 0 aliphatic rings. The first kappa shape index (κ1) is 15.7. The quantitative estimate of drug-likeness (QED) is 0.713. The fraction of sp³-hybridized carbons (Fsp3) is 0.278. The number of halogens is 1. The number of nitrogen functional groups attached to an aromatic ring is 1. The topological polar surface area (TPSA) is 64.7 Å². The van der Waals surface area contributed by atoms with Gasteiger partial charge in [-0.15, -0.1) is 0 Å². The standard InChI is InChI=1S/C18H19ClN4/c1-3-4-5-13-14(8-11(2)23-18(13)20)12-6-7-21-16-10-22-17(19)9-15(12)16/h6-10H,3-5H2,1-2H3,(H2,20,23). The number of fused-ring (bicyclic) bond motifs is 1. The molecule has 0 amide bonds. The van der Waals surface area contributed by atoms with Gasteiger partial charge in [-0.2, -0.15) is 0 Å². The fourth-order valence-corrected chi connectivity index (χ4v) is 3.00. The van der Waals surface area contributed by atoms with E-state index in [-0.39, 0.29) is 0 Å². The Kier molecular flexibility index (Phi) is 4.44. The van der Waals surface area contributed by atoms with E-state index in [1.54, 1.807) is 12.4 Å². The van der Waals surface area contributed by atoms with Gasteiger partial charge in [-0.05, 0) is 49.1 Å². The summed E-state index contributed by atoms with van der Waals surface area (Å²) < 4.78 is 0. The maximum absolute atomic E-state index is 6.21. The van der Waals surface area contributed by atoms with Gasteiger partial charge in [0.1, 0.15) is 11.0 Å². The van der Waals surface area contributed by atoms with Crippen LogP contribution in [0.15, 0.2) is 30.6 Å². The maximum atomic E-state index is 6.21. The summed E-state index contributed by atoms with van der Waals surface area (Å²) >= 11 is 6.09. The van der Waals surface area contributed by atoms with Gasteiger partial charge in [0.05, 0.1) is 11.7 Å². The first-order valence-corrected chi connectivity index (χ1v) is 8.14. The Hall–Kier alpha value is -2.20. The highest BCUT2D eigenvalue weighted by Gasteiger charge is 2.14. The number of pyridine rings is 3. The van der Waals surface area contributed by atoms with Crippen LogP contribution in [0.2, 0.25) is 5.15 Å². The van der Waals surface area contributed by atoms with E-state index in [4.69, 9.17) is 17.3 Å². The first-order valence-electron chi connectivity index (χ1n) is 7.76. The molecule has 5 heteroatoms. The average Bonchev–Trinajstić information content (AvgIpc) is 2.53. The van der Waals surface area contributed by atoms with Gasteiger partial charge in [-0.1, -0.05) is 24.9 Å². The summed E-state index contributed by atoms with van der Waals surface area (Å²) in [6.45, 7) is 4.13. The molecule has 2 N–H and O–H groups in total. The molecule has 23 heavy (non-hydrogen) atoms. The van der Waals surface area contributed by atoms with Gasteiger partial charge in [0, 0.05) is 22.8 Å². The van der Waals surface area contributed by atoms with Gasteiger partial charge in [0.15, 0.2) is 0 Å². The van der Waals surface area contributed by atoms with Crippen LogP contribution in [0.25, 0.3) is 22.0 Å². The van der Waals surface area contributed by atoms with Crippen LogP contribution >= 0.6 is 11.6 Å². The molecule has 0 aliphatic heterocycles. The van der Waals surface area contributed by atoms with Gasteiger partial charge < -0.3 is 5.73 Å². The normalized spacial score (nSPS) is 11.1. The lowest BCUT2D eigenvalue weighted by Crippen LogP contribution is -2.03. The van der Waals surface area contributed by atoms with E-state index in [0.717, 1.165) is 52.5 Å². The third-order valence-corrected chi connectivity index (χ3v) is 4.16. The zero-order valence-electron chi connectivity index (χ0n) is 13.3. The smallest absolute Gasteiger partial charge is 0.129 e. The second kappa shape index (κ2) is 6.50. The van der Waals surface area contributed by atoms with Crippen molar-refractivity contribution in [3.05, 3.63) is 47.0 Å². The lowest BCUT2D eigenvalue weighted by Gasteiger charge is -2.15. The number of rotatable bonds is 4. The van der Waals surface area contributed by atoms with E-state index in [0.29, 0.717) is 11.0 Å². The second-order valence-corrected chi connectivity index (χ2v) is 6.05. The van der Waals surface area contributed by atoms with Crippen molar-refractivity contribution in [1.82, 2.24) is 15.0 Å². The molecular formula is C18H19ClN4. The zero-order valence-corrected chi connectivity index (χ0v) is 14.1. The molecule has 118 valence electrons. The van der Waals surface area contributed by atoms with Gasteiger partial charge in [-0.25, -0.2) is 9.97 Å². The summed E-state index contributed by atoms with van der Waals surface area (Å²) in [6.07, 6.45) is 6.59. The van der Waals surface area contributed by atoms with Crippen LogP contribution in [0.5, 0.6) is 0 Å².